The molecule has 0 N–H and O–H groups in total. The number of fused-ring (bicyclic) bond motifs is 1. The quantitative estimate of drug-likeness (QED) is 0.469. The number of halogens is 1. The van der Waals surface area contributed by atoms with Crippen LogP contribution in [0.5, 0.6) is 0 Å². The fourth-order valence-corrected chi connectivity index (χ4v) is 3.02. The Balaban J connectivity index is 2.12. The second kappa shape index (κ2) is 6.20. The summed E-state index contributed by atoms with van der Waals surface area (Å²) in [6.45, 7) is 2.30. The first-order valence-corrected chi connectivity index (χ1v) is 7.51. The molecule has 1 aliphatic heterocycles. The third kappa shape index (κ3) is 2.89. The third-order valence-corrected chi connectivity index (χ3v) is 4.12. The molecule has 1 fully saturated rings. The minimum absolute atomic E-state index is 0.317. The van der Waals surface area contributed by atoms with Crippen LogP contribution in [0.4, 0.5) is 5.82 Å². The third-order valence-electron chi connectivity index (χ3n) is 3.81. The summed E-state index contributed by atoms with van der Waals surface area (Å²) in [5.41, 5.74) is 10.4. The molecular formula is C15H16ClN5. The summed E-state index contributed by atoms with van der Waals surface area (Å²) in [6.07, 6.45) is 3.60. The molecule has 2 aromatic rings. The van der Waals surface area contributed by atoms with Gasteiger partial charge in [0.2, 0.25) is 0 Å². The highest BCUT2D eigenvalue weighted by Gasteiger charge is 2.17. The Hall–Kier alpha value is -1.97. The number of piperidine rings is 1. The van der Waals surface area contributed by atoms with Crippen LogP contribution in [0.2, 0.25) is 5.02 Å². The second-order valence-electron chi connectivity index (χ2n) is 5.22. The first-order chi connectivity index (χ1) is 10.3. The molecule has 3 rings (SSSR count). The lowest BCUT2D eigenvalue weighted by Gasteiger charge is -2.29. The van der Waals surface area contributed by atoms with Crippen LogP contribution < -0.4 is 4.90 Å². The summed E-state index contributed by atoms with van der Waals surface area (Å²) in [6, 6.07) is 7.77. The van der Waals surface area contributed by atoms with E-state index in [1.165, 1.54) is 19.3 Å². The minimum atomic E-state index is 0.317. The van der Waals surface area contributed by atoms with Crippen molar-refractivity contribution >= 4 is 28.3 Å². The van der Waals surface area contributed by atoms with Crippen LogP contribution in [0.25, 0.3) is 21.3 Å². The van der Waals surface area contributed by atoms with Gasteiger partial charge >= 0.3 is 0 Å². The fourth-order valence-electron chi connectivity index (χ4n) is 2.80. The summed E-state index contributed by atoms with van der Waals surface area (Å²) in [5, 5.41) is 5.34. The Kier molecular flexibility index (Phi) is 4.13. The van der Waals surface area contributed by atoms with Crippen LogP contribution in [0.1, 0.15) is 24.8 Å². The number of nitrogens with zero attached hydrogens (tertiary/aromatic N) is 5. The molecule has 2 heterocycles. The van der Waals surface area contributed by atoms with Gasteiger partial charge in [-0.3, -0.25) is 0 Å². The molecule has 108 valence electrons. The smallest absolute Gasteiger partial charge is 0.132 e. The molecule has 1 aromatic carbocycles. The Labute approximate surface area is 128 Å². The zero-order valence-electron chi connectivity index (χ0n) is 11.7. The molecule has 0 unspecified atom stereocenters. The van der Waals surface area contributed by atoms with Crippen molar-refractivity contribution in [2.24, 2.45) is 5.11 Å². The Morgan fingerprint density at radius 1 is 1.29 bits per heavy atom. The lowest BCUT2D eigenvalue weighted by Crippen LogP contribution is -2.31. The number of rotatable bonds is 3. The van der Waals surface area contributed by atoms with Crippen molar-refractivity contribution in [3.63, 3.8) is 0 Å². The molecule has 0 atom stereocenters. The molecule has 5 nitrogen and oxygen atoms in total. The Morgan fingerprint density at radius 2 is 2.10 bits per heavy atom. The van der Waals surface area contributed by atoms with E-state index in [9.17, 15) is 0 Å². The number of para-hydroxylation sites is 1. The molecule has 0 aliphatic carbocycles. The predicted molar refractivity (Wildman–Crippen MR) is 85.7 cm³/mol. The average molecular weight is 302 g/mol. The number of hydrogen-bond acceptors (Lipinski definition) is 3. The number of anilines is 1. The van der Waals surface area contributed by atoms with Gasteiger partial charge in [0.25, 0.3) is 0 Å². The molecule has 0 bridgehead atoms. The summed E-state index contributed by atoms with van der Waals surface area (Å²) in [5.74, 6) is 0.905. The van der Waals surface area contributed by atoms with Gasteiger partial charge in [-0.05, 0) is 36.9 Å². The number of aromatic nitrogens is 1. The highest BCUT2D eigenvalue weighted by molar-refractivity contribution is 6.35. The summed E-state index contributed by atoms with van der Waals surface area (Å²) in [7, 11) is 0. The van der Waals surface area contributed by atoms with Crippen LogP contribution in [0.15, 0.2) is 29.4 Å². The van der Waals surface area contributed by atoms with Crippen molar-refractivity contribution < 1.29 is 0 Å². The maximum absolute atomic E-state index is 8.59. The van der Waals surface area contributed by atoms with Crippen LogP contribution in [-0.4, -0.2) is 18.1 Å². The molecule has 0 radical (unpaired) electrons. The van der Waals surface area contributed by atoms with Gasteiger partial charge in [-0.15, -0.1) is 0 Å². The fraction of sp³-hybridized carbons (Fsp3) is 0.400. The topological polar surface area (TPSA) is 64.9 Å². The zero-order chi connectivity index (χ0) is 14.7. The number of benzene rings is 1. The first kappa shape index (κ1) is 14.0. The van der Waals surface area contributed by atoms with Crippen LogP contribution in [0, 0.1) is 0 Å². The Morgan fingerprint density at radius 3 is 2.86 bits per heavy atom. The maximum atomic E-state index is 8.59. The van der Waals surface area contributed by atoms with E-state index in [1.807, 2.05) is 24.3 Å². The van der Waals surface area contributed by atoms with Gasteiger partial charge in [-0.2, -0.15) is 0 Å². The molecule has 0 spiro atoms. The number of azide groups is 1. The van der Waals surface area contributed by atoms with E-state index in [0.717, 1.165) is 35.4 Å². The summed E-state index contributed by atoms with van der Waals surface area (Å²) in [4.78, 5) is 9.90. The van der Waals surface area contributed by atoms with E-state index >= 15 is 0 Å². The van der Waals surface area contributed by atoms with Crippen molar-refractivity contribution in [3.8, 4) is 0 Å². The predicted octanol–water partition coefficient (Wildman–Crippen LogP) is 4.69. The summed E-state index contributed by atoms with van der Waals surface area (Å²) < 4.78 is 0. The Bertz CT molecular complexity index is 703. The van der Waals surface area contributed by atoms with Gasteiger partial charge in [0.1, 0.15) is 5.82 Å². The molecule has 6 heteroatoms. The lowest BCUT2D eigenvalue weighted by atomic mass is 10.1. The molecule has 0 amide bonds. The zero-order valence-corrected chi connectivity index (χ0v) is 12.4. The van der Waals surface area contributed by atoms with Crippen LogP contribution >= 0.6 is 11.6 Å². The number of pyridine rings is 1. The number of hydrogen-bond donors (Lipinski definition) is 0. The van der Waals surface area contributed by atoms with E-state index in [4.69, 9.17) is 22.1 Å². The monoisotopic (exact) mass is 301 g/mol. The van der Waals surface area contributed by atoms with E-state index in [0.29, 0.717) is 11.6 Å². The standard InChI is InChI=1S/C15H16ClN5/c16-13-6-4-5-11-9-12(10-18-20-17)15(19-14(11)13)21-7-2-1-3-8-21/h4-6,9H,1-3,7-8,10H2. The van der Waals surface area contributed by atoms with Gasteiger partial charge < -0.3 is 4.90 Å². The van der Waals surface area contributed by atoms with E-state index in [-0.39, 0.29) is 0 Å². The molecule has 1 saturated heterocycles. The van der Waals surface area contributed by atoms with Crippen molar-refractivity contribution in [1.82, 2.24) is 4.98 Å². The van der Waals surface area contributed by atoms with E-state index < -0.39 is 0 Å². The van der Waals surface area contributed by atoms with Crippen molar-refractivity contribution in [2.45, 2.75) is 25.8 Å². The van der Waals surface area contributed by atoms with Gasteiger partial charge in [0.05, 0.1) is 17.1 Å². The molecule has 1 aromatic heterocycles. The highest BCUT2D eigenvalue weighted by atomic mass is 35.5. The minimum Gasteiger partial charge on any atom is -0.356 e. The molecule has 0 saturated carbocycles. The largest absolute Gasteiger partial charge is 0.356 e. The van der Waals surface area contributed by atoms with Gasteiger partial charge in [0.15, 0.2) is 0 Å². The van der Waals surface area contributed by atoms with Gasteiger partial charge in [0, 0.05) is 29.0 Å². The SMILES string of the molecule is [N-]=[N+]=NCc1cc2cccc(Cl)c2nc1N1CCCCC1. The lowest BCUT2D eigenvalue weighted by molar-refractivity contribution is 0.572. The highest BCUT2D eigenvalue weighted by Crippen LogP contribution is 2.30. The van der Waals surface area contributed by atoms with E-state index in [1.54, 1.807) is 0 Å². The van der Waals surface area contributed by atoms with Crippen molar-refractivity contribution in [1.29, 1.82) is 0 Å². The van der Waals surface area contributed by atoms with E-state index in [2.05, 4.69) is 14.9 Å². The van der Waals surface area contributed by atoms with Crippen molar-refractivity contribution in [2.75, 3.05) is 18.0 Å². The maximum Gasteiger partial charge on any atom is 0.132 e. The molecule has 1 aliphatic rings. The second-order valence-corrected chi connectivity index (χ2v) is 5.63. The van der Waals surface area contributed by atoms with Crippen LogP contribution in [-0.2, 0) is 6.54 Å². The van der Waals surface area contributed by atoms with Crippen LogP contribution in [0.3, 0.4) is 0 Å². The average Bonchev–Trinajstić information content (AvgIpc) is 2.53. The van der Waals surface area contributed by atoms with Crippen molar-refractivity contribution in [3.05, 3.63) is 45.3 Å². The summed E-state index contributed by atoms with van der Waals surface area (Å²) >= 11 is 6.26. The molecular weight excluding hydrogens is 286 g/mol. The normalized spacial score (nSPS) is 15.0. The van der Waals surface area contributed by atoms with Gasteiger partial charge in [-0.25, -0.2) is 4.98 Å². The molecule has 21 heavy (non-hydrogen) atoms. The first-order valence-electron chi connectivity index (χ1n) is 7.13. The van der Waals surface area contributed by atoms with Gasteiger partial charge in [-0.1, -0.05) is 28.8 Å².